The van der Waals surface area contributed by atoms with E-state index >= 15 is 0 Å². The van der Waals surface area contributed by atoms with Crippen molar-refractivity contribution in [3.8, 4) is 11.5 Å². The van der Waals surface area contributed by atoms with E-state index < -0.39 is 16.1 Å². The molecule has 2 rings (SSSR count). The predicted molar refractivity (Wildman–Crippen MR) is 150 cm³/mol. The molecule has 0 fully saturated rings. The number of unbranched alkanes of at least 4 members (excludes halogenated alkanes) is 1. The second-order valence-electron chi connectivity index (χ2n) is 9.05. The summed E-state index contributed by atoms with van der Waals surface area (Å²) in [6.07, 6.45) is 3.73. The molecular weight excluding hydrogens is 506 g/mol. The van der Waals surface area contributed by atoms with E-state index in [2.05, 4.69) is 5.32 Å². The molecule has 0 aromatic heterocycles. The molecule has 38 heavy (non-hydrogen) atoms. The van der Waals surface area contributed by atoms with Crippen LogP contribution >= 0.6 is 0 Å². The number of hydrogen-bond acceptors (Lipinski definition) is 6. The summed E-state index contributed by atoms with van der Waals surface area (Å²) < 4.78 is 37.1. The number of carbonyl (C=O) groups is 2. The van der Waals surface area contributed by atoms with Crippen LogP contribution in [0.1, 0.15) is 51.5 Å². The van der Waals surface area contributed by atoms with Crippen molar-refractivity contribution >= 4 is 27.5 Å². The third kappa shape index (κ3) is 8.93. The Morgan fingerprint density at radius 2 is 1.74 bits per heavy atom. The Morgan fingerprint density at radius 1 is 1.00 bits per heavy atom. The first-order valence-corrected chi connectivity index (χ1v) is 14.8. The lowest BCUT2D eigenvalue weighted by atomic mass is 10.1. The third-order valence-corrected chi connectivity index (χ3v) is 7.39. The monoisotopic (exact) mass is 547 g/mol. The van der Waals surface area contributed by atoms with E-state index in [9.17, 15) is 18.0 Å². The van der Waals surface area contributed by atoms with Crippen LogP contribution < -0.4 is 19.1 Å². The van der Waals surface area contributed by atoms with E-state index in [0.717, 1.165) is 24.7 Å². The van der Waals surface area contributed by atoms with Gasteiger partial charge in [0.05, 0.1) is 26.2 Å². The number of benzene rings is 2. The first kappa shape index (κ1) is 31.0. The van der Waals surface area contributed by atoms with Gasteiger partial charge in [-0.3, -0.25) is 13.9 Å². The Labute approximate surface area is 227 Å². The fourth-order valence-corrected chi connectivity index (χ4v) is 5.18. The molecule has 0 aliphatic rings. The molecule has 0 aliphatic heterocycles. The first-order chi connectivity index (χ1) is 18.2. The SMILES string of the molecule is CCCCNC(=O)[C@H](CC)N(Cc1cccc(OC)c1)C(=O)CCCN(c1ccccc1OC)S(C)(=O)=O. The number of amides is 2. The molecule has 0 spiro atoms. The molecule has 2 amide bonds. The van der Waals surface area contributed by atoms with Gasteiger partial charge in [-0.2, -0.15) is 0 Å². The van der Waals surface area contributed by atoms with E-state index in [1.807, 2.05) is 38.1 Å². The maximum absolute atomic E-state index is 13.5. The summed E-state index contributed by atoms with van der Waals surface area (Å²) in [7, 11) is -0.563. The topological polar surface area (TPSA) is 105 Å². The minimum absolute atomic E-state index is 0.0733. The highest BCUT2D eigenvalue weighted by atomic mass is 32.2. The molecule has 0 saturated heterocycles. The minimum Gasteiger partial charge on any atom is -0.497 e. The van der Waals surface area contributed by atoms with Crippen molar-refractivity contribution in [1.29, 1.82) is 0 Å². The summed E-state index contributed by atoms with van der Waals surface area (Å²) in [5.41, 5.74) is 1.25. The van der Waals surface area contributed by atoms with Gasteiger partial charge in [0, 0.05) is 26.1 Å². The Bertz CT molecular complexity index is 1150. The van der Waals surface area contributed by atoms with Gasteiger partial charge in [-0.1, -0.05) is 44.5 Å². The van der Waals surface area contributed by atoms with Crippen LogP contribution in [-0.4, -0.2) is 64.7 Å². The fourth-order valence-electron chi connectivity index (χ4n) is 4.21. The quantitative estimate of drug-likeness (QED) is 0.319. The molecule has 1 atom stereocenters. The van der Waals surface area contributed by atoms with E-state index in [-0.39, 0.29) is 37.7 Å². The van der Waals surface area contributed by atoms with Crippen LogP contribution in [0.2, 0.25) is 0 Å². The maximum atomic E-state index is 13.5. The number of hydrogen-bond donors (Lipinski definition) is 1. The maximum Gasteiger partial charge on any atom is 0.242 e. The van der Waals surface area contributed by atoms with Crippen LogP contribution in [0.5, 0.6) is 11.5 Å². The number of ether oxygens (including phenoxy) is 2. The Kier molecular flexibility index (Phi) is 12.4. The summed E-state index contributed by atoms with van der Waals surface area (Å²) in [5, 5.41) is 2.95. The van der Waals surface area contributed by atoms with Crippen LogP contribution in [-0.2, 0) is 26.2 Å². The Morgan fingerprint density at radius 3 is 2.37 bits per heavy atom. The number of methoxy groups -OCH3 is 2. The highest BCUT2D eigenvalue weighted by molar-refractivity contribution is 7.92. The average molecular weight is 548 g/mol. The molecule has 0 aliphatic carbocycles. The van der Waals surface area contributed by atoms with Gasteiger partial charge in [0.1, 0.15) is 17.5 Å². The summed E-state index contributed by atoms with van der Waals surface area (Å²) in [6.45, 7) is 4.81. The van der Waals surface area contributed by atoms with Gasteiger partial charge in [-0.25, -0.2) is 8.42 Å². The minimum atomic E-state index is -3.62. The first-order valence-electron chi connectivity index (χ1n) is 13.0. The zero-order valence-corrected chi connectivity index (χ0v) is 23.9. The van der Waals surface area contributed by atoms with Crippen LogP contribution in [0.4, 0.5) is 5.69 Å². The highest BCUT2D eigenvalue weighted by Gasteiger charge is 2.29. The van der Waals surface area contributed by atoms with Crippen molar-refractivity contribution in [1.82, 2.24) is 10.2 Å². The molecule has 0 unspecified atom stereocenters. The molecule has 0 heterocycles. The number of sulfonamides is 1. The van der Waals surface area contributed by atoms with Crippen molar-refractivity contribution in [2.75, 3.05) is 37.9 Å². The van der Waals surface area contributed by atoms with Crippen molar-refractivity contribution in [2.24, 2.45) is 0 Å². The summed E-state index contributed by atoms with van der Waals surface area (Å²) in [5.74, 6) is 0.678. The van der Waals surface area contributed by atoms with E-state index in [1.54, 1.807) is 36.3 Å². The largest absolute Gasteiger partial charge is 0.497 e. The normalized spacial score (nSPS) is 11.9. The van der Waals surface area contributed by atoms with Gasteiger partial charge in [0.15, 0.2) is 0 Å². The van der Waals surface area contributed by atoms with Gasteiger partial charge in [0.25, 0.3) is 0 Å². The number of nitrogens with zero attached hydrogens (tertiary/aromatic N) is 2. The number of rotatable bonds is 16. The molecule has 1 N–H and O–H groups in total. The van der Waals surface area contributed by atoms with E-state index in [4.69, 9.17) is 9.47 Å². The molecule has 2 aromatic carbocycles. The van der Waals surface area contributed by atoms with Gasteiger partial charge in [-0.05, 0) is 49.1 Å². The second-order valence-corrected chi connectivity index (χ2v) is 11.0. The molecule has 2 aromatic rings. The molecule has 10 heteroatoms. The highest BCUT2D eigenvalue weighted by Crippen LogP contribution is 2.30. The predicted octanol–water partition coefficient (Wildman–Crippen LogP) is 3.97. The second kappa shape index (κ2) is 15.2. The lowest BCUT2D eigenvalue weighted by Crippen LogP contribution is -2.49. The molecule has 0 saturated carbocycles. The number of para-hydroxylation sites is 2. The zero-order valence-electron chi connectivity index (χ0n) is 23.1. The lowest BCUT2D eigenvalue weighted by Gasteiger charge is -2.31. The van der Waals surface area contributed by atoms with Crippen LogP contribution in [0.25, 0.3) is 0 Å². The molecular formula is C28H41N3O6S. The van der Waals surface area contributed by atoms with Gasteiger partial charge < -0.3 is 19.7 Å². The molecule has 0 bridgehead atoms. The number of nitrogens with one attached hydrogen (secondary N) is 1. The van der Waals surface area contributed by atoms with Crippen molar-refractivity contribution in [2.45, 2.75) is 58.5 Å². The van der Waals surface area contributed by atoms with Gasteiger partial charge in [0.2, 0.25) is 21.8 Å². The fraction of sp³-hybridized carbons (Fsp3) is 0.500. The molecule has 210 valence electrons. The molecule has 9 nitrogen and oxygen atoms in total. The number of carbonyl (C=O) groups excluding carboxylic acids is 2. The van der Waals surface area contributed by atoms with Crippen LogP contribution in [0.15, 0.2) is 48.5 Å². The smallest absolute Gasteiger partial charge is 0.242 e. The third-order valence-electron chi connectivity index (χ3n) is 6.21. The van der Waals surface area contributed by atoms with Crippen LogP contribution in [0.3, 0.4) is 0 Å². The van der Waals surface area contributed by atoms with Crippen molar-refractivity contribution in [3.63, 3.8) is 0 Å². The van der Waals surface area contributed by atoms with E-state index in [1.165, 1.54) is 11.4 Å². The Hall–Kier alpha value is -3.27. The zero-order chi connectivity index (χ0) is 28.1. The lowest BCUT2D eigenvalue weighted by molar-refractivity contribution is -0.141. The average Bonchev–Trinajstić information content (AvgIpc) is 2.90. The van der Waals surface area contributed by atoms with E-state index in [0.29, 0.717) is 30.2 Å². The van der Waals surface area contributed by atoms with Gasteiger partial charge in [-0.15, -0.1) is 0 Å². The van der Waals surface area contributed by atoms with Gasteiger partial charge >= 0.3 is 0 Å². The Balaban J connectivity index is 2.24. The number of anilines is 1. The molecule has 0 radical (unpaired) electrons. The van der Waals surface area contributed by atoms with Crippen LogP contribution in [0, 0.1) is 0 Å². The summed E-state index contributed by atoms with van der Waals surface area (Å²) in [4.78, 5) is 28.2. The standard InChI is InChI=1S/C28H41N3O6S/c1-6-8-18-29-28(33)24(7-2)30(21-22-13-11-14-23(20-22)36-3)27(32)17-12-19-31(38(5,34)35)25-15-9-10-16-26(25)37-4/h9-11,13-16,20,24H,6-8,12,17-19,21H2,1-5H3,(H,29,33)/t24-/m0/s1. The van der Waals surface area contributed by atoms with Crippen molar-refractivity contribution in [3.05, 3.63) is 54.1 Å². The summed E-state index contributed by atoms with van der Waals surface area (Å²) >= 11 is 0. The summed E-state index contributed by atoms with van der Waals surface area (Å²) in [6, 6.07) is 13.6. The van der Waals surface area contributed by atoms with Crippen molar-refractivity contribution < 1.29 is 27.5 Å².